The second-order valence-electron chi connectivity index (χ2n) is 8.80. The molecule has 1 saturated carbocycles. The highest BCUT2D eigenvalue weighted by Gasteiger charge is 2.38. The molecule has 0 aromatic heterocycles. The van der Waals surface area contributed by atoms with Crippen LogP contribution in [-0.2, 0) is 16.8 Å². The van der Waals surface area contributed by atoms with Crippen LogP contribution in [0.25, 0.3) is 0 Å². The number of halogens is 1. The Labute approximate surface area is 188 Å². The van der Waals surface area contributed by atoms with Crippen molar-refractivity contribution in [1.82, 2.24) is 4.90 Å². The number of aliphatic hydroxyl groups excluding tert-OH is 1. The number of benzene rings is 2. The summed E-state index contributed by atoms with van der Waals surface area (Å²) < 4.78 is 20.8. The number of hydrogen-bond donors (Lipinski definition) is 1. The van der Waals surface area contributed by atoms with Gasteiger partial charge in [-0.3, -0.25) is 4.79 Å². The van der Waals surface area contributed by atoms with E-state index in [0.717, 1.165) is 24.0 Å². The maximum Gasteiger partial charge on any atom is 0.254 e. The third-order valence-corrected chi connectivity index (χ3v) is 6.80. The van der Waals surface area contributed by atoms with E-state index < -0.39 is 12.0 Å². The van der Waals surface area contributed by atoms with E-state index in [-0.39, 0.29) is 18.7 Å². The van der Waals surface area contributed by atoms with Gasteiger partial charge in [-0.05, 0) is 60.1 Å². The zero-order chi connectivity index (χ0) is 22.9. The molecule has 0 bridgehead atoms. The van der Waals surface area contributed by atoms with Crippen molar-refractivity contribution >= 4 is 5.91 Å². The predicted octanol–water partition coefficient (Wildman–Crippen LogP) is 4.74. The van der Waals surface area contributed by atoms with Gasteiger partial charge in [0, 0.05) is 44.2 Å². The number of aryl methyl sites for hydroxylation is 1. The lowest BCUT2D eigenvalue weighted by Gasteiger charge is -2.37. The summed E-state index contributed by atoms with van der Waals surface area (Å²) in [5.74, 6) is 0.287. The minimum Gasteiger partial charge on any atom is -0.364 e. The maximum atomic E-state index is 15.6. The van der Waals surface area contributed by atoms with Crippen molar-refractivity contribution in [2.24, 2.45) is 0 Å². The average molecular weight is 437 g/mol. The van der Waals surface area contributed by atoms with E-state index in [2.05, 4.69) is 0 Å². The maximum absolute atomic E-state index is 15.6. The van der Waals surface area contributed by atoms with Crippen molar-refractivity contribution in [3.8, 4) is 6.07 Å². The highest BCUT2D eigenvalue weighted by atomic mass is 19.1. The van der Waals surface area contributed by atoms with E-state index in [1.165, 1.54) is 7.11 Å². The first-order chi connectivity index (χ1) is 15.4. The van der Waals surface area contributed by atoms with Crippen LogP contribution in [0.1, 0.15) is 83.0 Å². The minimum atomic E-state index is -1.51. The fourth-order valence-corrected chi connectivity index (χ4v) is 4.63. The molecular weight excluding hydrogens is 407 g/mol. The molecule has 2 fully saturated rings. The van der Waals surface area contributed by atoms with Crippen LogP contribution < -0.4 is 0 Å². The second kappa shape index (κ2) is 9.01. The molecule has 1 saturated heterocycles. The molecule has 2 aliphatic rings. The van der Waals surface area contributed by atoms with Gasteiger partial charge in [0.05, 0.1) is 11.6 Å². The standard InChI is InChI=1S/C26H29FN2O3/c1-3-18-14-21(19-6-7-19)23(25(31)32-2)15-22(18)24(30)29-12-10-26(27,11-13-29)20-8-4-17(16-28)5-9-20/h4-5,8-9,14-15,19,25,31H,3,6-7,10-13H2,1-2H3. The summed E-state index contributed by atoms with van der Waals surface area (Å²) in [6, 6.07) is 12.5. The topological polar surface area (TPSA) is 73.6 Å². The van der Waals surface area contributed by atoms with Crippen molar-refractivity contribution in [1.29, 1.82) is 5.26 Å². The first-order valence-corrected chi connectivity index (χ1v) is 11.3. The molecule has 1 atom stereocenters. The van der Waals surface area contributed by atoms with Crippen molar-refractivity contribution in [3.05, 3.63) is 69.8 Å². The molecule has 1 aliphatic heterocycles. The molecule has 6 heteroatoms. The number of nitrogens with zero attached hydrogens (tertiary/aromatic N) is 2. The number of rotatable bonds is 6. The third-order valence-electron chi connectivity index (χ3n) is 6.80. The number of carbonyl (C=O) groups excluding carboxylic acids is 1. The Balaban J connectivity index is 1.55. The molecule has 0 spiro atoms. The van der Waals surface area contributed by atoms with Gasteiger partial charge < -0.3 is 14.7 Å². The number of amides is 1. The highest BCUT2D eigenvalue weighted by molar-refractivity contribution is 5.96. The van der Waals surface area contributed by atoms with Gasteiger partial charge in [-0.1, -0.05) is 25.1 Å². The van der Waals surface area contributed by atoms with E-state index in [9.17, 15) is 9.90 Å². The third kappa shape index (κ3) is 4.28. The van der Waals surface area contributed by atoms with Crippen molar-refractivity contribution in [3.63, 3.8) is 0 Å². The molecular formula is C26H29FN2O3. The SMILES string of the molecule is CCc1cc(C2CC2)c(C(O)OC)cc1C(=O)N1CCC(F)(c2ccc(C#N)cc2)CC1. The zero-order valence-electron chi connectivity index (χ0n) is 18.6. The van der Waals surface area contributed by atoms with Gasteiger partial charge in [-0.15, -0.1) is 0 Å². The summed E-state index contributed by atoms with van der Waals surface area (Å²) in [7, 11) is 1.45. The Morgan fingerprint density at radius 2 is 1.94 bits per heavy atom. The Bertz CT molecular complexity index is 1030. The number of nitriles is 1. The van der Waals surface area contributed by atoms with E-state index in [4.69, 9.17) is 10.00 Å². The van der Waals surface area contributed by atoms with Crippen molar-refractivity contribution < 1.29 is 19.0 Å². The predicted molar refractivity (Wildman–Crippen MR) is 119 cm³/mol. The first-order valence-electron chi connectivity index (χ1n) is 11.3. The summed E-state index contributed by atoms with van der Waals surface area (Å²) in [5, 5.41) is 19.3. The summed E-state index contributed by atoms with van der Waals surface area (Å²) in [5.41, 5.74) is 2.78. The fraction of sp³-hybridized carbons (Fsp3) is 0.462. The van der Waals surface area contributed by atoms with Crippen LogP contribution in [0.4, 0.5) is 4.39 Å². The number of aliphatic hydroxyl groups is 1. The zero-order valence-corrected chi connectivity index (χ0v) is 18.6. The Morgan fingerprint density at radius 3 is 2.47 bits per heavy atom. The molecule has 2 aromatic rings. The van der Waals surface area contributed by atoms with Crippen LogP contribution in [0.15, 0.2) is 36.4 Å². The minimum absolute atomic E-state index is 0.129. The molecule has 32 heavy (non-hydrogen) atoms. The van der Waals surface area contributed by atoms with E-state index >= 15 is 4.39 Å². The van der Waals surface area contributed by atoms with Gasteiger partial charge in [0.15, 0.2) is 6.29 Å². The molecule has 168 valence electrons. The quantitative estimate of drug-likeness (QED) is 0.664. The molecule has 0 radical (unpaired) electrons. The van der Waals surface area contributed by atoms with Gasteiger partial charge in [-0.25, -0.2) is 4.39 Å². The van der Waals surface area contributed by atoms with E-state index in [1.807, 2.05) is 19.1 Å². The summed E-state index contributed by atoms with van der Waals surface area (Å²) in [4.78, 5) is 15.1. The van der Waals surface area contributed by atoms with Gasteiger partial charge >= 0.3 is 0 Å². The lowest BCUT2D eigenvalue weighted by molar-refractivity contribution is -0.0775. The number of ether oxygens (including phenoxy) is 1. The molecule has 1 amide bonds. The summed E-state index contributed by atoms with van der Waals surface area (Å²) >= 11 is 0. The van der Waals surface area contributed by atoms with Crippen LogP contribution in [0.5, 0.6) is 0 Å². The Morgan fingerprint density at radius 1 is 1.28 bits per heavy atom. The highest BCUT2D eigenvalue weighted by Crippen LogP contribution is 2.44. The number of hydrogen-bond acceptors (Lipinski definition) is 4. The van der Waals surface area contributed by atoms with Gasteiger partial charge in [0.2, 0.25) is 0 Å². The Kier molecular flexibility index (Phi) is 6.32. The number of piperidine rings is 1. The van der Waals surface area contributed by atoms with Crippen LogP contribution in [-0.4, -0.2) is 36.1 Å². The second-order valence-corrected chi connectivity index (χ2v) is 8.80. The van der Waals surface area contributed by atoms with Crippen LogP contribution in [0.3, 0.4) is 0 Å². The summed E-state index contributed by atoms with van der Waals surface area (Å²) in [6.07, 6.45) is 2.22. The molecule has 1 aliphatic carbocycles. The van der Waals surface area contributed by atoms with Crippen LogP contribution in [0, 0.1) is 11.3 Å². The molecule has 4 rings (SSSR count). The van der Waals surface area contributed by atoms with Crippen molar-refractivity contribution in [2.75, 3.05) is 20.2 Å². The van der Waals surface area contributed by atoms with Gasteiger partial charge in [-0.2, -0.15) is 5.26 Å². The smallest absolute Gasteiger partial charge is 0.254 e. The first kappa shape index (κ1) is 22.4. The number of likely N-dealkylation sites (tertiary alicyclic amines) is 1. The largest absolute Gasteiger partial charge is 0.364 e. The summed E-state index contributed by atoms with van der Waals surface area (Å²) in [6.45, 7) is 2.64. The molecule has 1 heterocycles. The lowest BCUT2D eigenvalue weighted by Crippen LogP contribution is -2.43. The number of carbonyl (C=O) groups is 1. The average Bonchev–Trinajstić information content (AvgIpc) is 3.68. The van der Waals surface area contributed by atoms with Gasteiger partial charge in [0.1, 0.15) is 5.67 Å². The normalized spacial score (nSPS) is 18.8. The Hall–Kier alpha value is -2.75. The fourth-order valence-electron chi connectivity index (χ4n) is 4.63. The molecule has 1 unspecified atom stereocenters. The van der Waals surface area contributed by atoms with Crippen LogP contribution >= 0.6 is 0 Å². The number of alkyl halides is 1. The van der Waals surface area contributed by atoms with E-state index in [0.29, 0.717) is 47.7 Å². The van der Waals surface area contributed by atoms with Crippen LogP contribution in [0.2, 0.25) is 0 Å². The van der Waals surface area contributed by atoms with E-state index in [1.54, 1.807) is 35.2 Å². The van der Waals surface area contributed by atoms with Crippen molar-refractivity contribution in [2.45, 2.75) is 56.9 Å². The molecule has 5 nitrogen and oxygen atoms in total. The van der Waals surface area contributed by atoms with Gasteiger partial charge in [0.25, 0.3) is 5.91 Å². The lowest BCUT2D eigenvalue weighted by atomic mass is 9.85. The number of methoxy groups -OCH3 is 1. The molecule has 1 N–H and O–H groups in total. The monoisotopic (exact) mass is 436 g/mol. The molecule has 2 aromatic carbocycles.